The molecule has 0 aliphatic carbocycles. The normalized spacial score (nSPS) is 13.6. The van der Waals surface area contributed by atoms with Gasteiger partial charge in [0.2, 0.25) is 0 Å². The number of benzene rings is 1. The zero-order valence-electron chi connectivity index (χ0n) is 11.6. The number of fused-ring (bicyclic) bond motifs is 1. The minimum absolute atomic E-state index is 0.187. The molecule has 3 nitrogen and oxygen atoms in total. The van der Waals surface area contributed by atoms with Crippen LogP contribution in [0, 0.1) is 5.82 Å². The summed E-state index contributed by atoms with van der Waals surface area (Å²) in [5.74, 6) is -0.187. The van der Waals surface area contributed by atoms with Gasteiger partial charge in [-0.3, -0.25) is 4.98 Å². The fourth-order valence-electron chi connectivity index (χ4n) is 2.67. The molecule has 1 N–H and O–H groups in total. The first kappa shape index (κ1) is 13.1. The monoisotopic (exact) mass is 271 g/mol. The predicted molar refractivity (Wildman–Crippen MR) is 78.7 cm³/mol. The summed E-state index contributed by atoms with van der Waals surface area (Å²) in [4.78, 5) is 6.39. The van der Waals surface area contributed by atoms with Crippen molar-refractivity contribution in [1.82, 2.24) is 10.3 Å². The number of halogens is 1. The van der Waals surface area contributed by atoms with E-state index in [1.807, 2.05) is 18.3 Å². The number of pyridine rings is 1. The quantitative estimate of drug-likeness (QED) is 0.926. The van der Waals surface area contributed by atoms with Crippen LogP contribution in [0.25, 0.3) is 0 Å². The van der Waals surface area contributed by atoms with Crippen LogP contribution >= 0.6 is 0 Å². The summed E-state index contributed by atoms with van der Waals surface area (Å²) in [5.41, 5.74) is 4.43. The van der Waals surface area contributed by atoms with Crippen LogP contribution in [0.5, 0.6) is 0 Å². The molecular weight excluding hydrogens is 253 g/mol. The molecule has 104 valence electrons. The van der Waals surface area contributed by atoms with Gasteiger partial charge in [-0.25, -0.2) is 4.39 Å². The molecule has 1 aliphatic rings. The number of hydrogen-bond donors (Lipinski definition) is 1. The fourth-order valence-corrected chi connectivity index (χ4v) is 2.67. The van der Waals surface area contributed by atoms with E-state index in [4.69, 9.17) is 0 Å². The third-order valence-electron chi connectivity index (χ3n) is 3.69. The molecule has 1 aromatic carbocycles. The number of anilines is 2. The number of nitrogens with one attached hydrogen (secondary N) is 1. The second-order valence-electron chi connectivity index (χ2n) is 4.96. The van der Waals surface area contributed by atoms with Gasteiger partial charge < -0.3 is 10.2 Å². The van der Waals surface area contributed by atoms with Crippen molar-refractivity contribution in [2.75, 3.05) is 18.0 Å². The van der Waals surface area contributed by atoms with Gasteiger partial charge in [-0.2, -0.15) is 0 Å². The van der Waals surface area contributed by atoms with Crippen LogP contribution in [0.2, 0.25) is 0 Å². The molecule has 0 amide bonds. The zero-order valence-corrected chi connectivity index (χ0v) is 11.6. The maximum atomic E-state index is 13.5. The molecule has 0 bridgehead atoms. The summed E-state index contributed by atoms with van der Waals surface area (Å²) in [6.45, 7) is 4.69. The molecule has 1 aliphatic heterocycles. The van der Waals surface area contributed by atoms with Crippen molar-refractivity contribution >= 4 is 11.4 Å². The molecular formula is C16H18FN3. The summed E-state index contributed by atoms with van der Waals surface area (Å²) < 4.78 is 13.5. The maximum Gasteiger partial charge on any atom is 0.125 e. The number of rotatable bonds is 4. The molecule has 0 saturated carbocycles. The van der Waals surface area contributed by atoms with E-state index >= 15 is 0 Å². The van der Waals surface area contributed by atoms with Crippen LogP contribution in [-0.2, 0) is 13.0 Å². The molecule has 0 radical (unpaired) electrons. The van der Waals surface area contributed by atoms with Crippen LogP contribution in [0.3, 0.4) is 0 Å². The Labute approximate surface area is 118 Å². The summed E-state index contributed by atoms with van der Waals surface area (Å²) >= 11 is 0. The SMILES string of the molecule is CCNCc1ccncc1N1CCc2ccc(F)cc21. The molecule has 1 aromatic heterocycles. The Morgan fingerprint density at radius 3 is 3.05 bits per heavy atom. The smallest absolute Gasteiger partial charge is 0.125 e. The van der Waals surface area contributed by atoms with Gasteiger partial charge in [-0.15, -0.1) is 0 Å². The molecule has 2 aromatic rings. The van der Waals surface area contributed by atoms with Crippen molar-refractivity contribution in [3.05, 3.63) is 53.6 Å². The molecule has 0 atom stereocenters. The van der Waals surface area contributed by atoms with Crippen molar-refractivity contribution in [1.29, 1.82) is 0 Å². The fraction of sp³-hybridized carbons (Fsp3) is 0.312. The second-order valence-corrected chi connectivity index (χ2v) is 4.96. The highest BCUT2D eigenvalue weighted by Crippen LogP contribution is 2.36. The van der Waals surface area contributed by atoms with E-state index in [9.17, 15) is 4.39 Å². The first-order valence-corrected chi connectivity index (χ1v) is 6.99. The van der Waals surface area contributed by atoms with Crippen LogP contribution in [-0.4, -0.2) is 18.1 Å². The molecule has 0 fully saturated rings. The maximum absolute atomic E-state index is 13.5. The lowest BCUT2D eigenvalue weighted by Crippen LogP contribution is -2.19. The standard InChI is InChI=1S/C16H18FN3/c1-2-18-10-13-5-7-19-11-16(13)20-8-6-12-3-4-14(17)9-15(12)20/h3-5,7,9,11,18H,2,6,8,10H2,1H3. The summed E-state index contributed by atoms with van der Waals surface area (Å²) in [7, 11) is 0. The highest BCUT2D eigenvalue weighted by molar-refractivity contribution is 5.71. The zero-order chi connectivity index (χ0) is 13.9. The number of nitrogens with zero attached hydrogens (tertiary/aromatic N) is 2. The van der Waals surface area contributed by atoms with Crippen LogP contribution in [0.4, 0.5) is 15.8 Å². The molecule has 20 heavy (non-hydrogen) atoms. The number of hydrogen-bond acceptors (Lipinski definition) is 3. The molecule has 3 rings (SSSR count). The van der Waals surface area contributed by atoms with E-state index < -0.39 is 0 Å². The lowest BCUT2D eigenvalue weighted by molar-refractivity contribution is 0.628. The van der Waals surface area contributed by atoms with Crippen molar-refractivity contribution in [3.8, 4) is 0 Å². The van der Waals surface area contributed by atoms with Crippen LogP contribution < -0.4 is 10.2 Å². The van der Waals surface area contributed by atoms with Crippen molar-refractivity contribution in [2.24, 2.45) is 0 Å². The van der Waals surface area contributed by atoms with E-state index in [1.165, 1.54) is 17.2 Å². The molecule has 2 heterocycles. The summed E-state index contributed by atoms with van der Waals surface area (Å²) in [6, 6.07) is 7.05. The Morgan fingerprint density at radius 2 is 2.20 bits per heavy atom. The highest BCUT2D eigenvalue weighted by Gasteiger charge is 2.22. The first-order valence-electron chi connectivity index (χ1n) is 6.99. The van der Waals surface area contributed by atoms with E-state index in [0.717, 1.165) is 37.4 Å². The Balaban J connectivity index is 1.97. The summed E-state index contributed by atoms with van der Waals surface area (Å²) in [5, 5.41) is 3.34. The minimum atomic E-state index is -0.187. The van der Waals surface area contributed by atoms with E-state index in [1.54, 1.807) is 12.3 Å². The highest BCUT2D eigenvalue weighted by atomic mass is 19.1. The first-order chi connectivity index (χ1) is 9.79. The topological polar surface area (TPSA) is 28.2 Å². The van der Waals surface area contributed by atoms with Gasteiger partial charge in [-0.1, -0.05) is 13.0 Å². The van der Waals surface area contributed by atoms with E-state index in [-0.39, 0.29) is 5.82 Å². The molecule has 0 spiro atoms. The van der Waals surface area contributed by atoms with Gasteiger partial charge >= 0.3 is 0 Å². The average molecular weight is 271 g/mol. The van der Waals surface area contributed by atoms with Gasteiger partial charge in [0.15, 0.2) is 0 Å². The van der Waals surface area contributed by atoms with Crippen LogP contribution in [0.1, 0.15) is 18.1 Å². The van der Waals surface area contributed by atoms with Gasteiger partial charge in [0.1, 0.15) is 5.82 Å². The predicted octanol–water partition coefficient (Wildman–Crippen LogP) is 3.02. The van der Waals surface area contributed by atoms with Gasteiger partial charge in [-0.05, 0) is 42.3 Å². The molecule has 0 unspecified atom stereocenters. The Bertz CT molecular complexity index is 612. The van der Waals surface area contributed by atoms with Gasteiger partial charge in [0.25, 0.3) is 0 Å². The largest absolute Gasteiger partial charge is 0.339 e. The van der Waals surface area contributed by atoms with Crippen molar-refractivity contribution in [3.63, 3.8) is 0 Å². The third-order valence-corrected chi connectivity index (χ3v) is 3.69. The van der Waals surface area contributed by atoms with Crippen molar-refractivity contribution < 1.29 is 4.39 Å². The molecule has 0 saturated heterocycles. The number of aromatic nitrogens is 1. The average Bonchev–Trinajstić information content (AvgIpc) is 2.88. The Kier molecular flexibility index (Phi) is 3.65. The van der Waals surface area contributed by atoms with Gasteiger partial charge in [0.05, 0.1) is 11.9 Å². The van der Waals surface area contributed by atoms with Gasteiger partial charge in [0, 0.05) is 25.0 Å². The Hall–Kier alpha value is -1.94. The Morgan fingerprint density at radius 1 is 1.30 bits per heavy atom. The minimum Gasteiger partial charge on any atom is -0.339 e. The van der Waals surface area contributed by atoms with E-state index in [0.29, 0.717) is 0 Å². The van der Waals surface area contributed by atoms with E-state index in [2.05, 4.69) is 22.1 Å². The van der Waals surface area contributed by atoms with Crippen molar-refractivity contribution in [2.45, 2.75) is 19.9 Å². The second kappa shape index (κ2) is 5.59. The lowest BCUT2D eigenvalue weighted by atomic mass is 10.1. The lowest BCUT2D eigenvalue weighted by Gasteiger charge is -2.22. The third kappa shape index (κ3) is 2.39. The molecule has 4 heteroatoms. The van der Waals surface area contributed by atoms with Crippen LogP contribution in [0.15, 0.2) is 36.7 Å². The summed E-state index contributed by atoms with van der Waals surface area (Å²) in [6.07, 6.45) is 4.62.